The highest BCUT2D eigenvalue weighted by Gasteiger charge is 2.26. The molecule has 0 spiro atoms. The Balaban J connectivity index is 2.04. The second kappa shape index (κ2) is 8.86. The molecular formula is C13H27NO3. The lowest BCUT2D eigenvalue weighted by molar-refractivity contribution is 0.0287. The van der Waals surface area contributed by atoms with Crippen molar-refractivity contribution in [3.63, 3.8) is 0 Å². The van der Waals surface area contributed by atoms with Gasteiger partial charge in [0.15, 0.2) is 0 Å². The fourth-order valence-electron chi connectivity index (χ4n) is 2.25. The monoisotopic (exact) mass is 245 g/mol. The third-order valence-corrected chi connectivity index (χ3v) is 3.32. The standard InChI is InChI=1S/C13H27NO3/c1-3-4-8-17-10-11(15)9-14-12-6-5-7-13(12)16-2/h11-15H,3-10H2,1-2H3. The minimum atomic E-state index is -0.412. The Kier molecular flexibility index (Phi) is 7.77. The molecule has 0 saturated heterocycles. The average molecular weight is 245 g/mol. The quantitative estimate of drug-likeness (QED) is 0.602. The molecule has 3 atom stereocenters. The molecule has 1 fully saturated rings. The Morgan fingerprint density at radius 1 is 1.41 bits per heavy atom. The van der Waals surface area contributed by atoms with Gasteiger partial charge in [0.2, 0.25) is 0 Å². The van der Waals surface area contributed by atoms with Crippen molar-refractivity contribution in [2.24, 2.45) is 0 Å². The lowest BCUT2D eigenvalue weighted by Crippen LogP contribution is -2.42. The number of methoxy groups -OCH3 is 1. The number of aliphatic hydroxyl groups excluding tert-OH is 1. The number of hydrogen-bond donors (Lipinski definition) is 2. The average Bonchev–Trinajstić information content (AvgIpc) is 2.79. The molecule has 4 nitrogen and oxygen atoms in total. The maximum atomic E-state index is 9.74. The topological polar surface area (TPSA) is 50.7 Å². The van der Waals surface area contributed by atoms with Gasteiger partial charge in [-0.25, -0.2) is 0 Å². The predicted octanol–water partition coefficient (Wildman–Crippen LogP) is 1.32. The van der Waals surface area contributed by atoms with Crippen molar-refractivity contribution in [3.05, 3.63) is 0 Å². The fraction of sp³-hybridized carbons (Fsp3) is 1.00. The number of hydrogen-bond acceptors (Lipinski definition) is 4. The van der Waals surface area contributed by atoms with Gasteiger partial charge in [-0.05, 0) is 25.7 Å². The molecule has 0 bridgehead atoms. The lowest BCUT2D eigenvalue weighted by atomic mass is 10.2. The Labute approximate surface area is 105 Å². The summed E-state index contributed by atoms with van der Waals surface area (Å²) < 4.78 is 10.8. The van der Waals surface area contributed by atoms with Gasteiger partial charge in [-0.2, -0.15) is 0 Å². The van der Waals surface area contributed by atoms with Gasteiger partial charge in [0, 0.05) is 26.3 Å². The first-order valence-corrected chi connectivity index (χ1v) is 6.80. The van der Waals surface area contributed by atoms with E-state index in [9.17, 15) is 5.11 Å². The SMILES string of the molecule is CCCCOCC(O)CNC1CCCC1OC. The van der Waals surface area contributed by atoms with E-state index in [-0.39, 0.29) is 0 Å². The molecule has 0 heterocycles. The van der Waals surface area contributed by atoms with E-state index in [0.717, 1.165) is 32.3 Å². The van der Waals surface area contributed by atoms with E-state index in [1.165, 1.54) is 6.42 Å². The minimum Gasteiger partial charge on any atom is -0.389 e. The van der Waals surface area contributed by atoms with Crippen molar-refractivity contribution in [1.29, 1.82) is 0 Å². The van der Waals surface area contributed by atoms with E-state index in [0.29, 0.717) is 25.3 Å². The highest BCUT2D eigenvalue weighted by atomic mass is 16.5. The van der Waals surface area contributed by atoms with Crippen molar-refractivity contribution >= 4 is 0 Å². The molecule has 0 aromatic heterocycles. The van der Waals surface area contributed by atoms with Crippen LogP contribution >= 0.6 is 0 Å². The van der Waals surface area contributed by atoms with Crippen LogP contribution in [-0.4, -0.2) is 50.2 Å². The van der Waals surface area contributed by atoms with Crippen LogP contribution in [0.4, 0.5) is 0 Å². The Hall–Kier alpha value is -0.160. The van der Waals surface area contributed by atoms with Gasteiger partial charge >= 0.3 is 0 Å². The number of ether oxygens (including phenoxy) is 2. The van der Waals surface area contributed by atoms with Gasteiger partial charge < -0.3 is 19.9 Å². The van der Waals surface area contributed by atoms with Crippen LogP contribution in [0.1, 0.15) is 39.0 Å². The number of nitrogens with one attached hydrogen (secondary N) is 1. The molecule has 102 valence electrons. The van der Waals surface area contributed by atoms with E-state index < -0.39 is 6.10 Å². The molecule has 17 heavy (non-hydrogen) atoms. The summed E-state index contributed by atoms with van der Waals surface area (Å²) in [7, 11) is 1.76. The minimum absolute atomic E-state index is 0.309. The van der Waals surface area contributed by atoms with Gasteiger partial charge in [-0.15, -0.1) is 0 Å². The van der Waals surface area contributed by atoms with Crippen LogP contribution < -0.4 is 5.32 Å². The van der Waals surface area contributed by atoms with Crippen molar-refractivity contribution in [1.82, 2.24) is 5.32 Å². The first-order valence-electron chi connectivity index (χ1n) is 6.80. The van der Waals surface area contributed by atoms with Crippen LogP contribution in [-0.2, 0) is 9.47 Å². The van der Waals surface area contributed by atoms with E-state index in [1.54, 1.807) is 7.11 Å². The predicted molar refractivity (Wildman–Crippen MR) is 68.2 cm³/mol. The molecule has 2 N–H and O–H groups in total. The first-order chi connectivity index (χ1) is 8.27. The summed E-state index contributed by atoms with van der Waals surface area (Å²) in [5.74, 6) is 0. The van der Waals surface area contributed by atoms with E-state index in [4.69, 9.17) is 9.47 Å². The summed E-state index contributed by atoms with van der Waals surface area (Å²) >= 11 is 0. The first kappa shape index (κ1) is 14.9. The molecule has 0 radical (unpaired) electrons. The maximum Gasteiger partial charge on any atom is 0.0897 e. The molecule has 1 rings (SSSR count). The number of rotatable bonds is 9. The fourth-order valence-corrected chi connectivity index (χ4v) is 2.25. The van der Waals surface area contributed by atoms with E-state index >= 15 is 0 Å². The Morgan fingerprint density at radius 3 is 2.94 bits per heavy atom. The molecule has 1 aliphatic rings. The zero-order chi connectivity index (χ0) is 12.5. The van der Waals surface area contributed by atoms with Crippen molar-refractivity contribution in [3.8, 4) is 0 Å². The summed E-state index contributed by atoms with van der Waals surface area (Å²) in [5.41, 5.74) is 0. The van der Waals surface area contributed by atoms with Crippen molar-refractivity contribution in [2.45, 2.75) is 57.3 Å². The summed E-state index contributed by atoms with van der Waals surface area (Å²) in [6.07, 6.45) is 5.56. The molecule has 4 heteroatoms. The van der Waals surface area contributed by atoms with Crippen LogP contribution in [0.5, 0.6) is 0 Å². The number of aliphatic hydroxyl groups is 1. The Bertz CT molecular complexity index is 190. The molecule has 0 aromatic rings. The van der Waals surface area contributed by atoms with Gasteiger partial charge in [-0.3, -0.25) is 0 Å². The van der Waals surface area contributed by atoms with Gasteiger partial charge in [0.25, 0.3) is 0 Å². The van der Waals surface area contributed by atoms with Crippen LogP contribution in [0.2, 0.25) is 0 Å². The zero-order valence-electron chi connectivity index (χ0n) is 11.2. The van der Waals surface area contributed by atoms with Crippen LogP contribution in [0, 0.1) is 0 Å². The molecular weight excluding hydrogens is 218 g/mol. The third kappa shape index (κ3) is 5.82. The second-order valence-electron chi connectivity index (χ2n) is 4.80. The molecule has 1 aliphatic carbocycles. The van der Waals surface area contributed by atoms with Crippen molar-refractivity contribution < 1.29 is 14.6 Å². The molecule has 1 saturated carbocycles. The summed E-state index contributed by atoms with van der Waals surface area (Å²) in [6.45, 7) is 3.90. The molecule has 3 unspecified atom stereocenters. The second-order valence-corrected chi connectivity index (χ2v) is 4.80. The molecule has 0 aromatic carbocycles. The largest absolute Gasteiger partial charge is 0.389 e. The van der Waals surface area contributed by atoms with Gasteiger partial charge in [0.1, 0.15) is 0 Å². The number of unbranched alkanes of at least 4 members (excludes halogenated alkanes) is 1. The van der Waals surface area contributed by atoms with Crippen LogP contribution in [0.25, 0.3) is 0 Å². The normalized spacial score (nSPS) is 26.3. The summed E-state index contributed by atoms with van der Waals surface area (Å²) in [6, 6.07) is 0.394. The van der Waals surface area contributed by atoms with E-state index in [2.05, 4.69) is 12.2 Å². The van der Waals surface area contributed by atoms with Crippen LogP contribution in [0.15, 0.2) is 0 Å². The van der Waals surface area contributed by atoms with Gasteiger partial charge in [0.05, 0.1) is 18.8 Å². The zero-order valence-corrected chi connectivity index (χ0v) is 11.2. The van der Waals surface area contributed by atoms with Crippen molar-refractivity contribution in [2.75, 3.05) is 26.9 Å². The summed E-state index contributed by atoms with van der Waals surface area (Å²) in [4.78, 5) is 0. The molecule has 0 aliphatic heterocycles. The van der Waals surface area contributed by atoms with E-state index in [1.807, 2.05) is 0 Å². The summed E-state index contributed by atoms with van der Waals surface area (Å²) in [5, 5.41) is 13.1. The maximum absolute atomic E-state index is 9.74. The highest BCUT2D eigenvalue weighted by molar-refractivity contribution is 4.84. The highest BCUT2D eigenvalue weighted by Crippen LogP contribution is 2.21. The van der Waals surface area contributed by atoms with Gasteiger partial charge in [-0.1, -0.05) is 13.3 Å². The Morgan fingerprint density at radius 2 is 2.24 bits per heavy atom. The molecule has 0 amide bonds. The smallest absolute Gasteiger partial charge is 0.0897 e. The van der Waals surface area contributed by atoms with Crippen LogP contribution in [0.3, 0.4) is 0 Å². The lowest BCUT2D eigenvalue weighted by Gasteiger charge is -2.21. The third-order valence-electron chi connectivity index (χ3n) is 3.32.